The van der Waals surface area contributed by atoms with Crippen LogP contribution in [0.3, 0.4) is 0 Å². The van der Waals surface area contributed by atoms with Crippen LogP contribution in [0.1, 0.15) is 46.0 Å². The Labute approximate surface area is 218 Å². The quantitative estimate of drug-likeness (QED) is 0.392. The number of pyridine rings is 2. The number of anilines is 1. The number of amides is 2. The second-order valence-corrected chi connectivity index (χ2v) is 9.04. The highest BCUT2D eigenvalue weighted by atomic mass is 19.1. The van der Waals surface area contributed by atoms with Crippen molar-refractivity contribution < 1.29 is 14.0 Å². The van der Waals surface area contributed by atoms with Gasteiger partial charge in [-0.1, -0.05) is 0 Å². The van der Waals surface area contributed by atoms with E-state index in [-0.39, 0.29) is 22.9 Å². The smallest absolute Gasteiger partial charge is 0.269 e. The molecule has 1 aromatic carbocycles. The average Bonchev–Trinajstić information content (AvgIpc) is 2.94. The fourth-order valence-electron chi connectivity index (χ4n) is 3.68. The summed E-state index contributed by atoms with van der Waals surface area (Å²) in [5.74, 6) is -1.13. The Morgan fingerprint density at radius 1 is 0.974 bits per heavy atom. The van der Waals surface area contributed by atoms with E-state index < -0.39 is 17.1 Å². The van der Waals surface area contributed by atoms with Gasteiger partial charge in [0.15, 0.2) is 5.82 Å². The molecule has 10 heteroatoms. The van der Waals surface area contributed by atoms with Gasteiger partial charge in [-0.3, -0.25) is 19.6 Å². The van der Waals surface area contributed by atoms with E-state index in [0.717, 1.165) is 0 Å². The summed E-state index contributed by atoms with van der Waals surface area (Å²) in [6, 6.07) is 12.9. The third kappa shape index (κ3) is 5.37. The number of nitrogens with zero attached hydrogens (tertiary/aromatic N) is 5. The van der Waals surface area contributed by atoms with Crippen LogP contribution in [-0.4, -0.2) is 38.8 Å². The van der Waals surface area contributed by atoms with Crippen molar-refractivity contribution in [3.63, 3.8) is 0 Å². The molecule has 2 N–H and O–H groups in total. The number of hydrogen-bond donors (Lipinski definition) is 2. The number of nitriles is 1. The average molecular weight is 510 g/mol. The van der Waals surface area contributed by atoms with Crippen molar-refractivity contribution in [3.05, 3.63) is 89.4 Å². The Bertz CT molecular complexity index is 1590. The Morgan fingerprint density at radius 2 is 1.71 bits per heavy atom. The summed E-state index contributed by atoms with van der Waals surface area (Å²) in [4.78, 5) is 42.1. The third-order valence-corrected chi connectivity index (χ3v) is 5.91. The van der Waals surface area contributed by atoms with Gasteiger partial charge in [-0.15, -0.1) is 0 Å². The lowest BCUT2D eigenvalue weighted by Gasteiger charge is -2.16. The highest BCUT2D eigenvalue weighted by Crippen LogP contribution is 2.29. The van der Waals surface area contributed by atoms with Crippen LogP contribution in [0.5, 0.6) is 0 Å². The van der Waals surface area contributed by atoms with E-state index in [1.807, 2.05) is 0 Å². The maximum atomic E-state index is 14.9. The van der Waals surface area contributed by atoms with Gasteiger partial charge in [0.2, 0.25) is 0 Å². The van der Waals surface area contributed by atoms with Crippen LogP contribution in [0.4, 0.5) is 10.1 Å². The molecular weight excluding hydrogens is 485 g/mol. The van der Waals surface area contributed by atoms with Crippen molar-refractivity contribution in [2.24, 2.45) is 0 Å². The topological polar surface area (TPSA) is 134 Å². The molecule has 4 rings (SSSR count). The van der Waals surface area contributed by atoms with E-state index in [1.165, 1.54) is 43.7 Å². The fourth-order valence-corrected chi connectivity index (χ4v) is 3.68. The predicted octanol–water partition coefficient (Wildman–Crippen LogP) is 4.46. The zero-order chi connectivity index (χ0) is 27.4. The van der Waals surface area contributed by atoms with Gasteiger partial charge >= 0.3 is 0 Å². The molecule has 0 fully saturated rings. The summed E-state index contributed by atoms with van der Waals surface area (Å²) < 4.78 is 14.9. The molecule has 0 atom stereocenters. The monoisotopic (exact) mass is 509 g/mol. The first-order valence-corrected chi connectivity index (χ1v) is 11.6. The molecule has 38 heavy (non-hydrogen) atoms. The molecule has 0 spiro atoms. The van der Waals surface area contributed by atoms with Crippen molar-refractivity contribution in [3.8, 4) is 28.7 Å². The largest absolute Gasteiger partial charge is 0.354 e. The number of benzene rings is 1. The zero-order valence-electron chi connectivity index (χ0n) is 21.2. The molecule has 0 bridgehead atoms. The van der Waals surface area contributed by atoms with E-state index in [2.05, 4.69) is 36.6 Å². The number of rotatable bonds is 6. The van der Waals surface area contributed by atoms with Crippen LogP contribution in [-0.2, 0) is 5.41 Å². The summed E-state index contributed by atoms with van der Waals surface area (Å²) in [7, 11) is 1.52. The minimum Gasteiger partial charge on any atom is -0.354 e. The van der Waals surface area contributed by atoms with Crippen LogP contribution in [0, 0.1) is 24.1 Å². The summed E-state index contributed by atoms with van der Waals surface area (Å²) in [6.45, 7) is 5.13. The Morgan fingerprint density at radius 3 is 2.45 bits per heavy atom. The SMILES string of the molecule is CNC(=O)c1cc(-c2nccc(-c3cc(NC(=O)c4ccnc(C(C)(C)C#N)c4)c(F)cc3C)n2)ccn1. The van der Waals surface area contributed by atoms with Gasteiger partial charge in [0.25, 0.3) is 11.8 Å². The van der Waals surface area contributed by atoms with Crippen LogP contribution in [0.2, 0.25) is 0 Å². The highest BCUT2D eigenvalue weighted by Gasteiger charge is 2.23. The van der Waals surface area contributed by atoms with Crippen LogP contribution in [0.25, 0.3) is 22.6 Å². The maximum absolute atomic E-state index is 14.9. The van der Waals surface area contributed by atoms with Crippen molar-refractivity contribution in [2.75, 3.05) is 12.4 Å². The Balaban J connectivity index is 1.67. The number of aromatic nitrogens is 4. The predicted molar refractivity (Wildman–Crippen MR) is 140 cm³/mol. The molecule has 0 aliphatic rings. The molecule has 4 aromatic rings. The molecule has 0 radical (unpaired) electrons. The lowest BCUT2D eigenvalue weighted by molar-refractivity contribution is 0.0957. The van der Waals surface area contributed by atoms with Crippen molar-refractivity contribution in [1.82, 2.24) is 25.3 Å². The maximum Gasteiger partial charge on any atom is 0.269 e. The molecule has 9 nitrogen and oxygen atoms in total. The van der Waals surface area contributed by atoms with Gasteiger partial charge in [-0.05, 0) is 68.8 Å². The van der Waals surface area contributed by atoms with Crippen LogP contribution >= 0.6 is 0 Å². The van der Waals surface area contributed by atoms with Gasteiger partial charge in [-0.2, -0.15) is 5.26 Å². The second kappa shape index (κ2) is 10.5. The molecule has 0 saturated carbocycles. The lowest BCUT2D eigenvalue weighted by atomic mass is 9.90. The number of hydrogen-bond acceptors (Lipinski definition) is 7. The van der Waals surface area contributed by atoms with Gasteiger partial charge in [0, 0.05) is 42.3 Å². The molecule has 190 valence electrons. The molecule has 0 aliphatic carbocycles. The zero-order valence-corrected chi connectivity index (χ0v) is 21.2. The standard InChI is InChI=1S/C28H24FN7O2/c1-16-11-20(29)22(36-26(37)18-6-9-33-24(13-18)28(2,3)15-30)14-19(16)21-7-10-34-25(35-21)17-5-8-32-23(12-17)27(38)31-4/h5-14H,1-4H3,(H,31,38)(H,36,37). The number of aryl methyl sites for hydroxylation is 1. The van der Waals surface area contributed by atoms with E-state index >= 15 is 0 Å². The lowest BCUT2D eigenvalue weighted by Crippen LogP contribution is -2.19. The molecule has 0 unspecified atom stereocenters. The molecule has 0 saturated heterocycles. The van der Waals surface area contributed by atoms with Crippen molar-refractivity contribution >= 4 is 17.5 Å². The molecular formula is C28H24FN7O2. The van der Waals surface area contributed by atoms with Crippen LogP contribution < -0.4 is 10.6 Å². The van der Waals surface area contributed by atoms with Crippen LogP contribution in [0.15, 0.2) is 61.1 Å². The first-order chi connectivity index (χ1) is 18.1. The normalized spacial score (nSPS) is 10.9. The van der Waals surface area contributed by atoms with E-state index in [9.17, 15) is 19.2 Å². The molecule has 0 aliphatic heterocycles. The van der Waals surface area contributed by atoms with Crippen molar-refractivity contribution in [2.45, 2.75) is 26.2 Å². The fraction of sp³-hybridized carbons (Fsp3) is 0.179. The third-order valence-electron chi connectivity index (χ3n) is 5.91. The highest BCUT2D eigenvalue weighted by molar-refractivity contribution is 6.04. The van der Waals surface area contributed by atoms with Gasteiger partial charge < -0.3 is 10.6 Å². The van der Waals surface area contributed by atoms with E-state index in [0.29, 0.717) is 33.9 Å². The summed E-state index contributed by atoms with van der Waals surface area (Å²) in [5, 5.41) is 14.5. The summed E-state index contributed by atoms with van der Waals surface area (Å²) >= 11 is 0. The molecule has 3 heterocycles. The first-order valence-electron chi connectivity index (χ1n) is 11.6. The summed E-state index contributed by atoms with van der Waals surface area (Å²) in [6.07, 6.45) is 4.50. The van der Waals surface area contributed by atoms with E-state index in [4.69, 9.17) is 0 Å². The summed E-state index contributed by atoms with van der Waals surface area (Å²) in [5.41, 5.74) is 2.26. The molecule has 3 aromatic heterocycles. The van der Waals surface area contributed by atoms with Gasteiger partial charge in [0.1, 0.15) is 11.5 Å². The first kappa shape index (κ1) is 26.0. The number of carbonyl (C=O) groups is 2. The Kier molecular flexibility index (Phi) is 7.21. The number of nitrogens with one attached hydrogen (secondary N) is 2. The molecule has 2 amide bonds. The minimum absolute atomic E-state index is 0.0283. The van der Waals surface area contributed by atoms with Gasteiger partial charge in [0.05, 0.1) is 28.6 Å². The Hall–Kier alpha value is -5.04. The van der Waals surface area contributed by atoms with Crippen molar-refractivity contribution in [1.29, 1.82) is 5.26 Å². The van der Waals surface area contributed by atoms with E-state index in [1.54, 1.807) is 45.2 Å². The second-order valence-electron chi connectivity index (χ2n) is 9.04. The number of carbonyl (C=O) groups excluding carboxylic acids is 2. The number of halogens is 1. The minimum atomic E-state index is -0.890. The van der Waals surface area contributed by atoms with Gasteiger partial charge in [-0.25, -0.2) is 14.4 Å².